The number of aryl methyl sites for hydroxylation is 1. The Morgan fingerprint density at radius 2 is 2.11 bits per heavy atom. The molecule has 18 heavy (non-hydrogen) atoms. The summed E-state index contributed by atoms with van der Waals surface area (Å²) in [6.45, 7) is 2.73. The van der Waals surface area contributed by atoms with Gasteiger partial charge in [0.05, 0.1) is 10.6 Å². The molecule has 0 aromatic carbocycles. The first-order valence-corrected chi connectivity index (χ1v) is 6.88. The molecule has 0 atom stereocenters. The van der Waals surface area contributed by atoms with E-state index in [4.69, 9.17) is 5.73 Å². The van der Waals surface area contributed by atoms with E-state index in [1.165, 1.54) is 9.75 Å². The van der Waals surface area contributed by atoms with Crippen molar-refractivity contribution in [1.82, 2.24) is 9.38 Å². The predicted molar refractivity (Wildman–Crippen MR) is 75.8 cm³/mol. The minimum atomic E-state index is 0.558. The quantitative estimate of drug-likeness (QED) is 0.783. The van der Waals surface area contributed by atoms with Crippen molar-refractivity contribution < 1.29 is 0 Å². The van der Waals surface area contributed by atoms with E-state index >= 15 is 0 Å². The molecule has 3 aromatic rings. The van der Waals surface area contributed by atoms with E-state index < -0.39 is 0 Å². The number of pyridine rings is 1. The molecule has 0 saturated heterocycles. The average Bonchev–Trinajstić information content (AvgIpc) is 3.03. The first-order chi connectivity index (χ1) is 8.80. The maximum Gasteiger partial charge on any atom is 0.137 e. The van der Waals surface area contributed by atoms with Gasteiger partial charge in [-0.05, 0) is 30.2 Å². The molecule has 0 fully saturated rings. The number of hydrogen-bond acceptors (Lipinski definition) is 3. The number of rotatable bonds is 3. The van der Waals surface area contributed by atoms with E-state index in [0.717, 1.165) is 23.3 Å². The van der Waals surface area contributed by atoms with Gasteiger partial charge in [0, 0.05) is 23.8 Å². The summed E-state index contributed by atoms with van der Waals surface area (Å²) >= 11 is 1.81. The molecule has 0 radical (unpaired) electrons. The average molecular weight is 257 g/mol. The number of nitrogens with zero attached hydrogens (tertiary/aromatic N) is 2. The van der Waals surface area contributed by atoms with Crippen LogP contribution in [0, 0.1) is 0 Å². The number of hydrogen-bond donors (Lipinski definition) is 1. The molecule has 92 valence electrons. The topological polar surface area (TPSA) is 43.3 Å². The SMILES string of the molecule is CCc1ccc(-c2cn3cc(CN)ccc3n2)s1. The lowest BCUT2D eigenvalue weighted by Crippen LogP contribution is -1.97. The molecule has 3 nitrogen and oxygen atoms in total. The van der Waals surface area contributed by atoms with Gasteiger partial charge in [-0.2, -0.15) is 0 Å². The third kappa shape index (κ3) is 1.94. The molecule has 0 saturated carbocycles. The largest absolute Gasteiger partial charge is 0.326 e. The molecule has 3 aromatic heterocycles. The zero-order valence-corrected chi connectivity index (χ0v) is 11.1. The number of thiophene rings is 1. The lowest BCUT2D eigenvalue weighted by atomic mass is 10.3. The van der Waals surface area contributed by atoms with Crippen LogP contribution in [-0.2, 0) is 13.0 Å². The monoisotopic (exact) mass is 257 g/mol. The van der Waals surface area contributed by atoms with Gasteiger partial charge < -0.3 is 10.1 Å². The lowest BCUT2D eigenvalue weighted by Gasteiger charge is -1.96. The van der Waals surface area contributed by atoms with Crippen molar-refractivity contribution in [2.24, 2.45) is 5.73 Å². The van der Waals surface area contributed by atoms with Crippen LogP contribution in [0.2, 0.25) is 0 Å². The molecule has 0 unspecified atom stereocenters. The summed E-state index contributed by atoms with van der Waals surface area (Å²) in [6.07, 6.45) is 5.19. The molecule has 3 rings (SSSR count). The normalized spacial score (nSPS) is 11.2. The zero-order chi connectivity index (χ0) is 12.5. The smallest absolute Gasteiger partial charge is 0.137 e. The number of nitrogens with two attached hydrogens (primary N) is 1. The highest BCUT2D eigenvalue weighted by molar-refractivity contribution is 7.15. The Morgan fingerprint density at radius 1 is 1.22 bits per heavy atom. The molecule has 0 amide bonds. The summed E-state index contributed by atoms with van der Waals surface area (Å²) in [4.78, 5) is 7.26. The van der Waals surface area contributed by atoms with E-state index in [1.807, 2.05) is 34.1 Å². The van der Waals surface area contributed by atoms with Gasteiger partial charge in [-0.25, -0.2) is 4.98 Å². The third-order valence-electron chi connectivity index (χ3n) is 3.01. The number of aromatic nitrogens is 2. The van der Waals surface area contributed by atoms with E-state index in [1.54, 1.807) is 0 Å². The highest BCUT2D eigenvalue weighted by atomic mass is 32.1. The van der Waals surface area contributed by atoms with Gasteiger partial charge in [0.2, 0.25) is 0 Å². The molecule has 0 aliphatic carbocycles. The van der Waals surface area contributed by atoms with E-state index in [2.05, 4.69) is 30.2 Å². The van der Waals surface area contributed by atoms with Crippen molar-refractivity contribution in [2.45, 2.75) is 19.9 Å². The van der Waals surface area contributed by atoms with Crippen LogP contribution in [0.15, 0.2) is 36.7 Å². The fraction of sp³-hybridized carbons (Fsp3) is 0.214. The molecule has 2 N–H and O–H groups in total. The number of imidazole rings is 1. The van der Waals surface area contributed by atoms with Gasteiger partial charge in [-0.3, -0.25) is 0 Å². The van der Waals surface area contributed by atoms with Crippen LogP contribution in [0.4, 0.5) is 0 Å². The Labute approximate surface area is 110 Å². The van der Waals surface area contributed by atoms with E-state index in [9.17, 15) is 0 Å². The fourth-order valence-corrected chi connectivity index (χ4v) is 2.88. The Morgan fingerprint density at radius 3 is 2.83 bits per heavy atom. The van der Waals surface area contributed by atoms with E-state index in [-0.39, 0.29) is 0 Å². The molecular weight excluding hydrogens is 242 g/mol. The third-order valence-corrected chi connectivity index (χ3v) is 4.26. The van der Waals surface area contributed by atoms with Gasteiger partial charge in [0.1, 0.15) is 5.65 Å². The summed E-state index contributed by atoms with van der Waals surface area (Å²) in [6, 6.07) is 8.36. The van der Waals surface area contributed by atoms with Crippen LogP contribution >= 0.6 is 11.3 Å². The Hall–Kier alpha value is -1.65. The summed E-state index contributed by atoms with van der Waals surface area (Å²) in [5, 5.41) is 0. The summed E-state index contributed by atoms with van der Waals surface area (Å²) < 4.78 is 2.04. The van der Waals surface area contributed by atoms with Crippen LogP contribution < -0.4 is 5.73 Å². The standard InChI is InChI=1S/C14H15N3S/c1-2-11-4-5-13(18-11)12-9-17-8-10(7-15)3-6-14(17)16-12/h3-6,8-9H,2,7,15H2,1H3. The van der Waals surface area contributed by atoms with Gasteiger partial charge in [0.15, 0.2) is 0 Å². The van der Waals surface area contributed by atoms with Crippen LogP contribution in [0.1, 0.15) is 17.4 Å². The van der Waals surface area contributed by atoms with Crippen molar-refractivity contribution in [2.75, 3.05) is 0 Å². The van der Waals surface area contributed by atoms with Crippen molar-refractivity contribution in [3.05, 3.63) is 47.1 Å². The highest BCUT2D eigenvalue weighted by Gasteiger charge is 2.07. The maximum atomic E-state index is 5.65. The molecule has 0 aliphatic heterocycles. The van der Waals surface area contributed by atoms with Gasteiger partial charge in [0.25, 0.3) is 0 Å². The maximum absolute atomic E-state index is 5.65. The van der Waals surface area contributed by atoms with Gasteiger partial charge >= 0.3 is 0 Å². The summed E-state index contributed by atoms with van der Waals surface area (Å²) in [5.41, 5.74) is 8.77. The Kier molecular flexibility index (Phi) is 2.89. The van der Waals surface area contributed by atoms with Crippen molar-refractivity contribution >= 4 is 17.0 Å². The highest BCUT2D eigenvalue weighted by Crippen LogP contribution is 2.27. The van der Waals surface area contributed by atoms with Crippen LogP contribution in [0.5, 0.6) is 0 Å². The second kappa shape index (κ2) is 4.55. The molecule has 0 aliphatic rings. The van der Waals surface area contributed by atoms with Gasteiger partial charge in [-0.15, -0.1) is 11.3 Å². The van der Waals surface area contributed by atoms with Crippen molar-refractivity contribution in [3.63, 3.8) is 0 Å². The van der Waals surface area contributed by atoms with Crippen molar-refractivity contribution in [3.8, 4) is 10.6 Å². The molecule has 4 heteroatoms. The van der Waals surface area contributed by atoms with Crippen LogP contribution in [-0.4, -0.2) is 9.38 Å². The molecule has 0 spiro atoms. The minimum absolute atomic E-state index is 0.558. The Balaban J connectivity index is 2.07. The zero-order valence-electron chi connectivity index (χ0n) is 10.3. The first-order valence-electron chi connectivity index (χ1n) is 6.07. The first kappa shape index (κ1) is 11.4. The van der Waals surface area contributed by atoms with Crippen LogP contribution in [0.3, 0.4) is 0 Å². The molecular formula is C14H15N3S. The Bertz CT molecular complexity index is 681. The molecule has 3 heterocycles. The minimum Gasteiger partial charge on any atom is -0.326 e. The second-order valence-electron chi connectivity index (χ2n) is 4.25. The summed E-state index contributed by atoms with van der Waals surface area (Å²) in [7, 11) is 0. The van der Waals surface area contributed by atoms with Gasteiger partial charge in [-0.1, -0.05) is 13.0 Å². The molecule has 0 bridgehead atoms. The van der Waals surface area contributed by atoms with Crippen molar-refractivity contribution in [1.29, 1.82) is 0 Å². The van der Waals surface area contributed by atoms with E-state index in [0.29, 0.717) is 6.54 Å². The second-order valence-corrected chi connectivity index (χ2v) is 5.42. The summed E-state index contributed by atoms with van der Waals surface area (Å²) in [5.74, 6) is 0. The van der Waals surface area contributed by atoms with Crippen LogP contribution in [0.25, 0.3) is 16.2 Å². The number of fused-ring (bicyclic) bond motifs is 1. The fourth-order valence-electron chi connectivity index (χ4n) is 1.98. The lowest BCUT2D eigenvalue weighted by molar-refractivity contribution is 1.03. The predicted octanol–water partition coefficient (Wildman–Crippen LogP) is 3.08.